The first kappa shape index (κ1) is 31.6. The Labute approximate surface area is 336 Å². The van der Waals surface area contributed by atoms with Crippen molar-refractivity contribution in [3.05, 3.63) is 206 Å². The molecule has 4 heterocycles. The molecule has 268 valence electrons. The van der Waals surface area contributed by atoms with E-state index in [1.807, 2.05) is 0 Å². The van der Waals surface area contributed by atoms with Gasteiger partial charge in [-0.05, 0) is 93.2 Å². The van der Waals surface area contributed by atoms with E-state index in [2.05, 4.69) is 220 Å². The van der Waals surface area contributed by atoms with Gasteiger partial charge >= 0.3 is 0 Å². The van der Waals surface area contributed by atoms with Gasteiger partial charge in [0.1, 0.15) is 0 Å². The van der Waals surface area contributed by atoms with Crippen LogP contribution in [0, 0.1) is 0 Å². The second-order valence-corrected chi connectivity index (χ2v) is 15.7. The third kappa shape index (κ3) is 4.29. The zero-order chi connectivity index (χ0) is 37.9. The summed E-state index contributed by atoms with van der Waals surface area (Å²) in [6.45, 7) is 0.00672. The molecule has 0 unspecified atom stereocenters. The van der Waals surface area contributed by atoms with Crippen LogP contribution in [0.5, 0.6) is 0 Å². The maximum absolute atomic E-state index is 2.57. The molecule has 11 aromatic rings. The smallest absolute Gasteiger partial charge is 0.252 e. The largest absolute Gasteiger partial charge is 0.311 e. The summed E-state index contributed by atoms with van der Waals surface area (Å²) in [7, 11) is 0. The van der Waals surface area contributed by atoms with Crippen LogP contribution < -0.4 is 21.3 Å². The molecule has 2 aromatic heterocycles. The highest BCUT2D eigenvalue weighted by atomic mass is 15.2. The van der Waals surface area contributed by atoms with Crippen LogP contribution in [-0.2, 0) is 0 Å². The number of hydrogen-bond donors (Lipinski definition) is 0. The van der Waals surface area contributed by atoms with Gasteiger partial charge in [0, 0.05) is 50.0 Å². The standard InChI is InChI=1S/C54H34BN3/c1-4-15-35(16-5-1)37-27-30-40(31-28-37)56-48-32-29-38(36-17-6-2-7-18-36)33-44(48)55-45-34-43-41-21-10-12-23-46(41)57(39-19-8-3-9-20-39)53(43)51-42-22-11-13-24-47(42)58(54(45)51)50-26-14-25-49(56)52(50)55/h1-34H. The van der Waals surface area contributed by atoms with E-state index in [1.54, 1.807) is 0 Å². The molecule has 0 bridgehead atoms. The van der Waals surface area contributed by atoms with Crippen molar-refractivity contribution < 1.29 is 0 Å². The summed E-state index contributed by atoms with van der Waals surface area (Å²) in [5.41, 5.74) is 19.9. The molecule has 9 aromatic carbocycles. The Morgan fingerprint density at radius 2 is 0.914 bits per heavy atom. The highest BCUT2D eigenvalue weighted by Gasteiger charge is 2.43. The summed E-state index contributed by atoms with van der Waals surface area (Å²) in [6.07, 6.45) is 0. The zero-order valence-corrected chi connectivity index (χ0v) is 31.5. The van der Waals surface area contributed by atoms with Gasteiger partial charge in [-0.15, -0.1) is 0 Å². The Balaban J connectivity index is 1.17. The van der Waals surface area contributed by atoms with E-state index in [0.717, 1.165) is 5.69 Å². The molecular weight excluding hydrogens is 701 g/mol. The molecule has 2 aliphatic heterocycles. The molecule has 58 heavy (non-hydrogen) atoms. The predicted octanol–water partition coefficient (Wildman–Crippen LogP) is 11.8. The summed E-state index contributed by atoms with van der Waals surface area (Å²) in [6, 6.07) is 76.1. The lowest BCUT2D eigenvalue weighted by Crippen LogP contribution is -2.60. The first-order valence-corrected chi connectivity index (χ1v) is 20.1. The number of anilines is 3. The fraction of sp³-hybridized carbons (Fsp3) is 0. The Morgan fingerprint density at radius 1 is 0.328 bits per heavy atom. The van der Waals surface area contributed by atoms with Gasteiger partial charge in [-0.25, -0.2) is 0 Å². The minimum atomic E-state index is 0.00672. The molecule has 0 N–H and O–H groups in total. The molecule has 0 saturated heterocycles. The SMILES string of the molecule is c1ccc(-c2ccc(N3c4ccc(-c5ccccc5)cc4B4c5c3cccc5-n3c5ccccc5c5c3c4cc3c4ccccc4n(-c4ccccc4)c35)cc2)cc1. The van der Waals surface area contributed by atoms with E-state index >= 15 is 0 Å². The monoisotopic (exact) mass is 735 g/mol. The number of para-hydroxylation sites is 3. The van der Waals surface area contributed by atoms with Crippen molar-refractivity contribution in [2.45, 2.75) is 0 Å². The summed E-state index contributed by atoms with van der Waals surface area (Å²) >= 11 is 0. The van der Waals surface area contributed by atoms with Crippen LogP contribution in [0.3, 0.4) is 0 Å². The van der Waals surface area contributed by atoms with E-state index in [0.29, 0.717) is 0 Å². The van der Waals surface area contributed by atoms with Crippen LogP contribution in [0.1, 0.15) is 0 Å². The molecule has 13 rings (SSSR count). The first-order valence-electron chi connectivity index (χ1n) is 20.1. The van der Waals surface area contributed by atoms with Gasteiger partial charge in [-0.2, -0.15) is 0 Å². The van der Waals surface area contributed by atoms with Crippen molar-refractivity contribution >= 4 is 83.8 Å². The van der Waals surface area contributed by atoms with Gasteiger partial charge in [0.05, 0.1) is 22.1 Å². The molecule has 0 spiro atoms. The van der Waals surface area contributed by atoms with E-state index in [4.69, 9.17) is 0 Å². The number of benzene rings is 9. The first-order chi connectivity index (χ1) is 28.8. The van der Waals surface area contributed by atoms with Gasteiger partial charge in [-0.1, -0.05) is 152 Å². The Morgan fingerprint density at radius 3 is 1.66 bits per heavy atom. The van der Waals surface area contributed by atoms with Gasteiger partial charge in [0.25, 0.3) is 6.71 Å². The lowest BCUT2D eigenvalue weighted by molar-refractivity contribution is 1.17. The Kier molecular flexibility index (Phi) is 6.53. The van der Waals surface area contributed by atoms with E-state index in [9.17, 15) is 0 Å². The van der Waals surface area contributed by atoms with E-state index < -0.39 is 0 Å². The lowest BCUT2D eigenvalue weighted by Gasteiger charge is -2.40. The molecule has 0 saturated carbocycles. The second kappa shape index (κ2) is 12.0. The van der Waals surface area contributed by atoms with Crippen molar-refractivity contribution in [2.75, 3.05) is 4.90 Å². The number of fused-ring (bicyclic) bond motifs is 11. The van der Waals surface area contributed by atoms with E-state index in [-0.39, 0.29) is 6.71 Å². The summed E-state index contributed by atoms with van der Waals surface area (Å²) < 4.78 is 5.07. The average molecular weight is 736 g/mol. The minimum Gasteiger partial charge on any atom is -0.311 e. The van der Waals surface area contributed by atoms with Crippen LogP contribution in [0.25, 0.3) is 77.2 Å². The fourth-order valence-corrected chi connectivity index (χ4v) is 10.3. The second-order valence-electron chi connectivity index (χ2n) is 15.7. The van der Waals surface area contributed by atoms with Crippen molar-refractivity contribution in [1.29, 1.82) is 0 Å². The Bertz CT molecular complexity index is 3440. The zero-order valence-electron chi connectivity index (χ0n) is 31.5. The van der Waals surface area contributed by atoms with Crippen LogP contribution in [0.4, 0.5) is 17.1 Å². The molecule has 0 amide bonds. The van der Waals surface area contributed by atoms with Crippen molar-refractivity contribution in [3.63, 3.8) is 0 Å². The third-order valence-corrected chi connectivity index (χ3v) is 12.7. The molecule has 4 heteroatoms. The number of nitrogens with zero attached hydrogens (tertiary/aromatic N) is 3. The predicted molar refractivity (Wildman–Crippen MR) is 245 cm³/mol. The summed E-state index contributed by atoms with van der Waals surface area (Å²) in [5, 5.41) is 5.13. The lowest BCUT2D eigenvalue weighted by atomic mass is 9.33. The third-order valence-electron chi connectivity index (χ3n) is 12.7. The molecule has 2 aliphatic rings. The number of rotatable bonds is 4. The molecule has 0 atom stereocenters. The summed E-state index contributed by atoms with van der Waals surface area (Å²) in [4.78, 5) is 2.50. The van der Waals surface area contributed by atoms with Crippen LogP contribution >= 0.6 is 0 Å². The Hall–Kier alpha value is -7.56. The molecule has 0 fully saturated rings. The normalized spacial score (nSPS) is 12.8. The van der Waals surface area contributed by atoms with E-state index in [1.165, 1.54) is 105 Å². The van der Waals surface area contributed by atoms with Gasteiger partial charge in [0.15, 0.2) is 0 Å². The quantitative estimate of drug-likeness (QED) is 0.164. The molecular formula is C54H34BN3. The molecule has 0 radical (unpaired) electrons. The van der Waals surface area contributed by atoms with Gasteiger partial charge in [-0.3, -0.25) is 0 Å². The van der Waals surface area contributed by atoms with Gasteiger partial charge < -0.3 is 14.0 Å². The number of aromatic nitrogens is 2. The summed E-state index contributed by atoms with van der Waals surface area (Å²) in [5.74, 6) is 0. The minimum absolute atomic E-state index is 0.00672. The maximum Gasteiger partial charge on any atom is 0.252 e. The maximum atomic E-state index is 2.57. The van der Waals surface area contributed by atoms with Crippen molar-refractivity contribution in [2.24, 2.45) is 0 Å². The van der Waals surface area contributed by atoms with Gasteiger partial charge in [0.2, 0.25) is 0 Å². The highest BCUT2D eigenvalue weighted by Crippen LogP contribution is 2.46. The van der Waals surface area contributed by atoms with Crippen LogP contribution in [0.2, 0.25) is 0 Å². The highest BCUT2D eigenvalue weighted by molar-refractivity contribution is 7.00. The van der Waals surface area contributed by atoms with Crippen LogP contribution in [-0.4, -0.2) is 15.8 Å². The topological polar surface area (TPSA) is 13.1 Å². The fourth-order valence-electron chi connectivity index (χ4n) is 10.3. The number of hydrogen-bond acceptors (Lipinski definition) is 1. The molecule has 0 aliphatic carbocycles. The van der Waals surface area contributed by atoms with Crippen molar-refractivity contribution in [3.8, 4) is 33.6 Å². The van der Waals surface area contributed by atoms with Crippen molar-refractivity contribution in [1.82, 2.24) is 9.13 Å². The average Bonchev–Trinajstić information content (AvgIpc) is 3.82. The van der Waals surface area contributed by atoms with Crippen LogP contribution in [0.15, 0.2) is 206 Å². The molecule has 3 nitrogen and oxygen atoms in total.